The zero-order chi connectivity index (χ0) is 20.1. The maximum absolute atomic E-state index is 12.2. The van der Waals surface area contributed by atoms with Crippen LogP contribution in [0.4, 0.5) is 0 Å². The number of fused-ring (bicyclic) bond motifs is 1. The van der Waals surface area contributed by atoms with Crippen LogP contribution < -0.4 is 16.6 Å². The summed E-state index contributed by atoms with van der Waals surface area (Å²) in [5.41, 5.74) is 1.83. The summed E-state index contributed by atoms with van der Waals surface area (Å²) in [6.07, 6.45) is 0.147. The minimum atomic E-state index is -0.506. The van der Waals surface area contributed by atoms with Gasteiger partial charge in [-0.2, -0.15) is 0 Å². The highest BCUT2D eigenvalue weighted by Crippen LogP contribution is 2.08. The number of para-hydroxylation sites is 1. The van der Waals surface area contributed by atoms with Gasteiger partial charge in [-0.25, -0.2) is 4.79 Å². The Balaban J connectivity index is 1.60. The Morgan fingerprint density at radius 3 is 2.43 bits per heavy atom. The largest absolute Gasteiger partial charge is 0.352 e. The van der Waals surface area contributed by atoms with Gasteiger partial charge in [-0.05, 0) is 37.4 Å². The molecule has 0 fully saturated rings. The standard InChI is InChI=1S/C21H24N4O3/c1-24(2)14-16-9-7-15(8-10-16)13-22-19(26)11-12-25-18-6-4-3-5-17(18)20(27)23-21(25)28/h3-10H,11-14H2,1-2H3,(H,22,26)(H,23,27,28). The van der Waals surface area contributed by atoms with E-state index in [1.165, 1.54) is 10.1 Å². The molecule has 2 aromatic carbocycles. The number of aryl methyl sites for hydroxylation is 1. The van der Waals surface area contributed by atoms with Crippen LogP contribution in [0.5, 0.6) is 0 Å². The van der Waals surface area contributed by atoms with Crippen LogP contribution in [0, 0.1) is 0 Å². The van der Waals surface area contributed by atoms with Crippen LogP contribution in [-0.4, -0.2) is 34.5 Å². The molecule has 7 heteroatoms. The zero-order valence-corrected chi connectivity index (χ0v) is 16.1. The van der Waals surface area contributed by atoms with E-state index in [1.807, 2.05) is 38.4 Å². The molecule has 1 heterocycles. The van der Waals surface area contributed by atoms with Crippen LogP contribution in [0.25, 0.3) is 10.9 Å². The molecule has 146 valence electrons. The van der Waals surface area contributed by atoms with Crippen LogP contribution in [0.3, 0.4) is 0 Å². The van der Waals surface area contributed by atoms with Gasteiger partial charge in [0.05, 0.1) is 10.9 Å². The summed E-state index contributed by atoms with van der Waals surface area (Å²) in [6.45, 7) is 1.50. The monoisotopic (exact) mass is 380 g/mol. The number of nitrogens with zero attached hydrogens (tertiary/aromatic N) is 2. The van der Waals surface area contributed by atoms with E-state index in [-0.39, 0.29) is 18.9 Å². The molecule has 0 unspecified atom stereocenters. The minimum absolute atomic E-state index is 0.147. The molecule has 0 radical (unpaired) electrons. The third-order valence-electron chi connectivity index (χ3n) is 4.48. The highest BCUT2D eigenvalue weighted by molar-refractivity contribution is 5.78. The number of aromatic nitrogens is 2. The second kappa shape index (κ2) is 8.67. The van der Waals surface area contributed by atoms with Crippen molar-refractivity contribution in [3.8, 4) is 0 Å². The number of hydrogen-bond acceptors (Lipinski definition) is 4. The van der Waals surface area contributed by atoms with Crippen molar-refractivity contribution < 1.29 is 4.79 Å². The van der Waals surface area contributed by atoms with Gasteiger partial charge in [-0.3, -0.25) is 19.1 Å². The molecule has 0 spiro atoms. The van der Waals surface area contributed by atoms with Gasteiger partial charge in [-0.15, -0.1) is 0 Å². The molecule has 0 aliphatic heterocycles. The van der Waals surface area contributed by atoms with E-state index < -0.39 is 11.2 Å². The molecule has 0 atom stereocenters. The van der Waals surface area contributed by atoms with E-state index in [1.54, 1.807) is 24.3 Å². The predicted octanol–water partition coefficient (Wildman–Crippen LogP) is 1.46. The molecular weight excluding hydrogens is 356 g/mol. The van der Waals surface area contributed by atoms with E-state index in [9.17, 15) is 14.4 Å². The van der Waals surface area contributed by atoms with Crippen LogP contribution in [0.15, 0.2) is 58.1 Å². The first kappa shape index (κ1) is 19.6. The Morgan fingerprint density at radius 1 is 1.04 bits per heavy atom. The van der Waals surface area contributed by atoms with Gasteiger partial charge in [0.15, 0.2) is 0 Å². The second-order valence-electron chi connectivity index (χ2n) is 7.01. The Morgan fingerprint density at radius 2 is 1.71 bits per heavy atom. The molecule has 0 bridgehead atoms. The summed E-state index contributed by atoms with van der Waals surface area (Å²) < 4.78 is 1.42. The summed E-state index contributed by atoms with van der Waals surface area (Å²) in [4.78, 5) is 40.6. The van der Waals surface area contributed by atoms with Gasteiger partial charge in [0.2, 0.25) is 5.91 Å². The number of aromatic amines is 1. The number of carbonyl (C=O) groups is 1. The lowest BCUT2D eigenvalue weighted by Gasteiger charge is -2.11. The van der Waals surface area contributed by atoms with Crippen LogP contribution in [-0.2, 0) is 24.4 Å². The SMILES string of the molecule is CN(C)Cc1ccc(CNC(=O)CCn2c(=O)[nH]c(=O)c3ccccc32)cc1. The number of H-pyrrole nitrogens is 1. The average Bonchev–Trinajstić information content (AvgIpc) is 2.67. The summed E-state index contributed by atoms with van der Waals surface area (Å²) in [5.74, 6) is -0.153. The van der Waals surface area contributed by atoms with Gasteiger partial charge in [-0.1, -0.05) is 36.4 Å². The van der Waals surface area contributed by atoms with Gasteiger partial charge in [0, 0.05) is 26.1 Å². The Labute approximate surface area is 162 Å². The third-order valence-corrected chi connectivity index (χ3v) is 4.48. The molecule has 0 aliphatic rings. The maximum Gasteiger partial charge on any atom is 0.328 e. The lowest BCUT2D eigenvalue weighted by atomic mass is 10.1. The lowest BCUT2D eigenvalue weighted by Crippen LogP contribution is -2.32. The maximum atomic E-state index is 12.2. The van der Waals surface area contributed by atoms with E-state index in [0.29, 0.717) is 17.4 Å². The van der Waals surface area contributed by atoms with E-state index in [4.69, 9.17) is 0 Å². The fourth-order valence-corrected chi connectivity index (χ4v) is 3.09. The Bertz CT molecular complexity index is 1080. The first-order chi connectivity index (χ1) is 13.4. The predicted molar refractivity (Wildman–Crippen MR) is 109 cm³/mol. The van der Waals surface area contributed by atoms with Crippen molar-refractivity contribution in [2.75, 3.05) is 14.1 Å². The van der Waals surface area contributed by atoms with E-state index in [2.05, 4.69) is 15.2 Å². The molecule has 3 aromatic rings. The van der Waals surface area contributed by atoms with E-state index >= 15 is 0 Å². The molecule has 7 nitrogen and oxygen atoms in total. The topological polar surface area (TPSA) is 87.2 Å². The smallest absolute Gasteiger partial charge is 0.328 e. The summed E-state index contributed by atoms with van der Waals surface area (Å²) in [6, 6.07) is 15.0. The van der Waals surface area contributed by atoms with Crippen molar-refractivity contribution >= 4 is 16.8 Å². The number of hydrogen-bond donors (Lipinski definition) is 2. The number of benzene rings is 2. The molecule has 0 aliphatic carbocycles. The molecule has 0 saturated heterocycles. The number of nitrogens with one attached hydrogen (secondary N) is 2. The first-order valence-corrected chi connectivity index (χ1v) is 9.15. The normalized spacial score (nSPS) is 11.1. The molecule has 1 amide bonds. The number of carbonyl (C=O) groups excluding carboxylic acids is 1. The second-order valence-corrected chi connectivity index (χ2v) is 7.01. The summed E-state index contributed by atoms with van der Waals surface area (Å²) in [7, 11) is 4.04. The van der Waals surface area contributed by atoms with Crippen molar-refractivity contribution in [3.63, 3.8) is 0 Å². The van der Waals surface area contributed by atoms with Crippen LogP contribution in [0.1, 0.15) is 17.5 Å². The minimum Gasteiger partial charge on any atom is -0.352 e. The van der Waals surface area contributed by atoms with E-state index in [0.717, 1.165) is 12.1 Å². The Kier molecular flexibility index (Phi) is 6.06. The van der Waals surface area contributed by atoms with Crippen molar-refractivity contribution in [1.82, 2.24) is 19.8 Å². The zero-order valence-electron chi connectivity index (χ0n) is 16.1. The molecule has 1 aromatic heterocycles. The van der Waals surface area contributed by atoms with Gasteiger partial charge in [0.25, 0.3) is 5.56 Å². The third kappa shape index (κ3) is 4.75. The highest BCUT2D eigenvalue weighted by atomic mass is 16.2. The number of rotatable bonds is 7. The van der Waals surface area contributed by atoms with Gasteiger partial charge < -0.3 is 10.2 Å². The molecule has 3 rings (SSSR count). The molecule has 28 heavy (non-hydrogen) atoms. The molecular formula is C21H24N4O3. The fourth-order valence-electron chi connectivity index (χ4n) is 3.09. The Hall–Kier alpha value is -3.19. The summed E-state index contributed by atoms with van der Waals surface area (Å²) in [5, 5.41) is 3.30. The van der Waals surface area contributed by atoms with Crippen molar-refractivity contribution in [1.29, 1.82) is 0 Å². The lowest BCUT2D eigenvalue weighted by molar-refractivity contribution is -0.121. The average molecular weight is 380 g/mol. The van der Waals surface area contributed by atoms with Gasteiger partial charge in [0.1, 0.15) is 0 Å². The van der Waals surface area contributed by atoms with Gasteiger partial charge >= 0.3 is 5.69 Å². The van der Waals surface area contributed by atoms with Crippen molar-refractivity contribution in [2.24, 2.45) is 0 Å². The van der Waals surface area contributed by atoms with Crippen molar-refractivity contribution in [2.45, 2.75) is 26.1 Å². The number of amides is 1. The highest BCUT2D eigenvalue weighted by Gasteiger charge is 2.09. The molecule has 0 saturated carbocycles. The first-order valence-electron chi connectivity index (χ1n) is 9.15. The molecule has 2 N–H and O–H groups in total. The quantitative estimate of drug-likeness (QED) is 0.650. The summed E-state index contributed by atoms with van der Waals surface area (Å²) >= 11 is 0. The van der Waals surface area contributed by atoms with Crippen molar-refractivity contribution in [3.05, 3.63) is 80.5 Å². The fraction of sp³-hybridized carbons (Fsp3) is 0.286. The van der Waals surface area contributed by atoms with Crippen LogP contribution >= 0.6 is 0 Å². The van der Waals surface area contributed by atoms with Crippen LogP contribution in [0.2, 0.25) is 0 Å².